The molecule has 2 aromatic carbocycles. The number of carbonyl (C=O) groups is 2. The van der Waals surface area contributed by atoms with Gasteiger partial charge in [-0.05, 0) is 30.7 Å². The van der Waals surface area contributed by atoms with E-state index in [1.807, 2.05) is 61.5 Å². The van der Waals surface area contributed by atoms with Gasteiger partial charge in [-0.2, -0.15) is 0 Å². The summed E-state index contributed by atoms with van der Waals surface area (Å²) in [5, 5.41) is 6.72. The van der Waals surface area contributed by atoms with Crippen LogP contribution in [0.25, 0.3) is 10.9 Å². The minimum Gasteiger partial charge on any atom is -0.345 e. The van der Waals surface area contributed by atoms with Crippen LogP contribution in [0.15, 0.2) is 85.3 Å². The topological polar surface area (TPSA) is 84.0 Å². The van der Waals surface area contributed by atoms with Crippen LogP contribution >= 0.6 is 0 Å². The molecule has 6 heteroatoms. The fourth-order valence-electron chi connectivity index (χ4n) is 3.19. The monoisotopic (exact) mass is 396 g/mol. The second-order valence-electron chi connectivity index (χ2n) is 6.90. The molecule has 1 unspecified atom stereocenters. The summed E-state index contributed by atoms with van der Waals surface area (Å²) in [7, 11) is 0. The van der Waals surface area contributed by atoms with Crippen molar-refractivity contribution in [2.75, 3.05) is 5.32 Å². The Labute approximate surface area is 174 Å². The third-order valence-corrected chi connectivity index (χ3v) is 4.79. The van der Waals surface area contributed by atoms with Crippen LogP contribution < -0.4 is 10.6 Å². The van der Waals surface area contributed by atoms with E-state index in [9.17, 15) is 9.59 Å². The second kappa shape index (κ2) is 8.53. The molecular weight excluding hydrogens is 376 g/mol. The van der Waals surface area contributed by atoms with Crippen LogP contribution in [0.3, 0.4) is 0 Å². The normalized spacial score (nSPS) is 11.6. The van der Waals surface area contributed by atoms with Gasteiger partial charge < -0.3 is 10.6 Å². The first-order valence-electron chi connectivity index (χ1n) is 9.58. The Bertz CT molecular complexity index is 1200. The number of pyridine rings is 2. The van der Waals surface area contributed by atoms with Crippen LogP contribution in [-0.2, 0) is 0 Å². The zero-order valence-corrected chi connectivity index (χ0v) is 16.4. The Kier molecular flexibility index (Phi) is 5.48. The Morgan fingerprint density at radius 1 is 0.867 bits per heavy atom. The van der Waals surface area contributed by atoms with E-state index < -0.39 is 0 Å². The number of amides is 2. The second-order valence-corrected chi connectivity index (χ2v) is 6.90. The molecule has 0 saturated heterocycles. The minimum atomic E-state index is -0.355. The van der Waals surface area contributed by atoms with Gasteiger partial charge in [-0.1, -0.05) is 48.5 Å². The first kappa shape index (κ1) is 19.3. The third-order valence-electron chi connectivity index (χ3n) is 4.79. The summed E-state index contributed by atoms with van der Waals surface area (Å²) in [6.07, 6.45) is 4.56. The van der Waals surface area contributed by atoms with Crippen LogP contribution in [0, 0.1) is 0 Å². The Hall–Kier alpha value is -4.06. The van der Waals surface area contributed by atoms with E-state index in [4.69, 9.17) is 0 Å². The number of hydrogen-bond donors (Lipinski definition) is 2. The predicted octanol–water partition coefficient (Wildman–Crippen LogP) is 4.37. The highest BCUT2D eigenvalue weighted by molar-refractivity contribution is 6.09. The molecule has 4 rings (SSSR count). The maximum atomic E-state index is 12.8. The Balaban J connectivity index is 1.51. The van der Waals surface area contributed by atoms with Crippen molar-refractivity contribution in [1.82, 2.24) is 15.3 Å². The van der Waals surface area contributed by atoms with Crippen molar-refractivity contribution in [1.29, 1.82) is 0 Å². The highest BCUT2D eigenvalue weighted by Crippen LogP contribution is 2.21. The number of hydrogen-bond acceptors (Lipinski definition) is 4. The van der Waals surface area contributed by atoms with Gasteiger partial charge in [-0.25, -0.2) is 0 Å². The maximum Gasteiger partial charge on any atom is 0.257 e. The number of nitrogens with one attached hydrogen (secondary N) is 2. The lowest BCUT2D eigenvalue weighted by molar-refractivity contribution is 0.0939. The maximum absolute atomic E-state index is 12.8. The fraction of sp³-hybridized carbons (Fsp3) is 0.0833. The minimum absolute atomic E-state index is 0.169. The van der Waals surface area contributed by atoms with Gasteiger partial charge in [-0.3, -0.25) is 19.6 Å². The van der Waals surface area contributed by atoms with Crippen LogP contribution in [0.4, 0.5) is 5.69 Å². The molecule has 2 aromatic heterocycles. The number of anilines is 1. The van der Waals surface area contributed by atoms with E-state index in [1.54, 1.807) is 12.3 Å². The van der Waals surface area contributed by atoms with E-state index in [-0.39, 0.29) is 17.9 Å². The third kappa shape index (κ3) is 4.17. The van der Waals surface area contributed by atoms with Gasteiger partial charge in [0.2, 0.25) is 0 Å². The quantitative estimate of drug-likeness (QED) is 0.525. The summed E-state index contributed by atoms with van der Waals surface area (Å²) < 4.78 is 0. The number of nitrogens with zero attached hydrogens (tertiary/aromatic N) is 2. The lowest BCUT2D eigenvalue weighted by Gasteiger charge is -2.14. The number of rotatable bonds is 5. The van der Waals surface area contributed by atoms with Gasteiger partial charge in [0.1, 0.15) is 0 Å². The number of carbonyl (C=O) groups excluding carboxylic acids is 2. The number of fused-ring (bicyclic) bond motifs is 1. The fourth-order valence-corrected chi connectivity index (χ4v) is 3.19. The molecule has 0 bridgehead atoms. The van der Waals surface area contributed by atoms with Crippen molar-refractivity contribution in [3.63, 3.8) is 0 Å². The van der Waals surface area contributed by atoms with E-state index >= 15 is 0 Å². The van der Waals surface area contributed by atoms with Crippen LogP contribution in [0.5, 0.6) is 0 Å². The summed E-state index contributed by atoms with van der Waals surface area (Å²) in [5.41, 5.74) is 2.91. The predicted molar refractivity (Wildman–Crippen MR) is 116 cm³/mol. The van der Waals surface area contributed by atoms with Crippen molar-refractivity contribution in [3.05, 3.63) is 102 Å². The molecule has 30 heavy (non-hydrogen) atoms. The number of benzene rings is 2. The summed E-state index contributed by atoms with van der Waals surface area (Å²) in [6.45, 7) is 1.91. The van der Waals surface area contributed by atoms with Crippen molar-refractivity contribution >= 4 is 28.4 Å². The largest absolute Gasteiger partial charge is 0.345 e. The molecule has 0 saturated carbocycles. The van der Waals surface area contributed by atoms with Crippen LogP contribution in [-0.4, -0.2) is 21.8 Å². The van der Waals surface area contributed by atoms with Gasteiger partial charge in [0.25, 0.3) is 11.8 Å². The first-order chi connectivity index (χ1) is 14.6. The molecule has 0 radical (unpaired) electrons. The zero-order chi connectivity index (χ0) is 20.9. The van der Waals surface area contributed by atoms with E-state index in [0.717, 1.165) is 10.9 Å². The lowest BCUT2D eigenvalue weighted by Crippen LogP contribution is -2.27. The van der Waals surface area contributed by atoms with Gasteiger partial charge >= 0.3 is 0 Å². The number of aromatic nitrogens is 2. The van der Waals surface area contributed by atoms with Gasteiger partial charge in [0, 0.05) is 24.0 Å². The first-order valence-corrected chi connectivity index (χ1v) is 9.58. The molecule has 6 nitrogen and oxygen atoms in total. The molecule has 2 N–H and O–H groups in total. The highest BCUT2D eigenvalue weighted by Gasteiger charge is 2.15. The van der Waals surface area contributed by atoms with Crippen LogP contribution in [0.1, 0.15) is 39.2 Å². The van der Waals surface area contributed by atoms with Crippen molar-refractivity contribution in [3.8, 4) is 0 Å². The smallest absolute Gasteiger partial charge is 0.257 e. The van der Waals surface area contributed by atoms with Gasteiger partial charge in [0.05, 0.1) is 28.4 Å². The van der Waals surface area contributed by atoms with E-state index in [0.29, 0.717) is 22.3 Å². The van der Waals surface area contributed by atoms with E-state index in [2.05, 4.69) is 20.6 Å². The average molecular weight is 396 g/mol. The Morgan fingerprint density at radius 2 is 1.60 bits per heavy atom. The highest BCUT2D eigenvalue weighted by atomic mass is 16.2. The summed E-state index contributed by atoms with van der Waals surface area (Å²) in [5.74, 6) is -0.647. The molecular formula is C24H20N4O2. The molecule has 4 aromatic rings. The standard InChI is InChI=1S/C24H20N4O2/c1-16(17-7-3-2-4-8-17)27-23(29)19-13-20(15-25-14-19)24(30)28-21-11-5-9-18-10-6-12-26-22(18)21/h2-16H,1H3,(H,27,29)(H,28,30). The Morgan fingerprint density at radius 3 is 2.40 bits per heavy atom. The molecule has 2 heterocycles. The molecule has 0 aliphatic rings. The molecule has 0 fully saturated rings. The molecule has 0 aliphatic heterocycles. The lowest BCUT2D eigenvalue weighted by atomic mass is 10.1. The molecule has 0 spiro atoms. The van der Waals surface area contributed by atoms with Crippen molar-refractivity contribution < 1.29 is 9.59 Å². The zero-order valence-electron chi connectivity index (χ0n) is 16.4. The molecule has 1 atom stereocenters. The summed E-state index contributed by atoms with van der Waals surface area (Å²) in [4.78, 5) is 33.8. The average Bonchev–Trinajstić information content (AvgIpc) is 2.80. The van der Waals surface area contributed by atoms with Crippen LogP contribution in [0.2, 0.25) is 0 Å². The molecule has 148 valence electrons. The van der Waals surface area contributed by atoms with Gasteiger partial charge in [0.15, 0.2) is 0 Å². The number of para-hydroxylation sites is 1. The molecule has 0 aliphatic carbocycles. The summed E-state index contributed by atoms with van der Waals surface area (Å²) in [6, 6.07) is 20.4. The summed E-state index contributed by atoms with van der Waals surface area (Å²) >= 11 is 0. The van der Waals surface area contributed by atoms with Crippen molar-refractivity contribution in [2.24, 2.45) is 0 Å². The SMILES string of the molecule is CC(NC(=O)c1cncc(C(=O)Nc2cccc3cccnc23)c1)c1ccccc1. The van der Waals surface area contributed by atoms with E-state index in [1.165, 1.54) is 18.5 Å². The molecule has 2 amide bonds. The van der Waals surface area contributed by atoms with Gasteiger partial charge in [-0.15, -0.1) is 0 Å². The van der Waals surface area contributed by atoms with Crippen molar-refractivity contribution in [2.45, 2.75) is 13.0 Å².